The normalized spacial score (nSPS) is 18.1. The van der Waals surface area contributed by atoms with Crippen LogP contribution in [0.3, 0.4) is 0 Å². The molecule has 1 heterocycles. The fourth-order valence-corrected chi connectivity index (χ4v) is 3.46. The Kier molecular flexibility index (Phi) is 3.76. The SMILES string of the molecule is NCC1(c2ccc(-n3cncn3)c(Cl)c2)CCCCC1. The van der Waals surface area contributed by atoms with Gasteiger partial charge in [-0.05, 0) is 30.5 Å². The number of nitrogens with zero attached hydrogens (tertiary/aromatic N) is 3. The molecule has 4 nitrogen and oxygen atoms in total. The third-order valence-corrected chi connectivity index (χ3v) is 4.73. The Balaban J connectivity index is 1.97. The molecule has 2 aromatic rings. The van der Waals surface area contributed by atoms with Gasteiger partial charge >= 0.3 is 0 Å². The summed E-state index contributed by atoms with van der Waals surface area (Å²) < 4.78 is 1.68. The molecule has 1 aromatic carbocycles. The van der Waals surface area contributed by atoms with Crippen molar-refractivity contribution in [1.82, 2.24) is 14.8 Å². The highest BCUT2D eigenvalue weighted by Crippen LogP contribution is 2.40. The van der Waals surface area contributed by atoms with Crippen LogP contribution in [0.2, 0.25) is 5.02 Å². The number of hydrogen-bond acceptors (Lipinski definition) is 3. The predicted molar refractivity (Wildman–Crippen MR) is 80.2 cm³/mol. The van der Waals surface area contributed by atoms with Gasteiger partial charge in [0.2, 0.25) is 0 Å². The van der Waals surface area contributed by atoms with E-state index in [1.165, 1.54) is 31.2 Å². The van der Waals surface area contributed by atoms with E-state index in [-0.39, 0.29) is 5.41 Å². The standard InChI is InChI=1S/C15H19ClN4/c16-13-8-12(15(9-17)6-2-1-3-7-15)4-5-14(13)20-11-18-10-19-20/h4-5,8,10-11H,1-3,6-7,9,17H2. The monoisotopic (exact) mass is 290 g/mol. The summed E-state index contributed by atoms with van der Waals surface area (Å²) in [6.45, 7) is 0.687. The molecule has 0 radical (unpaired) electrons. The molecule has 0 amide bonds. The fraction of sp³-hybridized carbons (Fsp3) is 0.467. The van der Waals surface area contributed by atoms with Crippen molar-refractivity contribution in [2.45, 2.75) is 37.5 Å². The van der Waals surface area contributed by atoms with Gasteiger partial charge in [0, 0.05) is 12.0 Å². The van der Waals surface area contributed by atoms with Gasteiger partial charge < -0.3 is 5.73 Å². The van der Waals surface area contributed by atoms with Crippen molar-refractivity contribution in [3.63, 3.8) is 0 Å². The van der Waals surface area contributed by atoms with Crippen LogP contribution < -0.4 is 5.73 Å². The average Bonchev–Trinajstić information content (AvgIpc) is 3.02. The second kappa shape index (κ2) is 5.54. The van der Waals surface area contributed by atoms with Gasteiger partial charge in [-0.15, -0.1) is 0 Å². The summed E-state index contributed by atoms with van der Waals surface area (Å²) in [7, 11) is 0. The molecule has 1 aliphatic rings. The van der Waals surface area contributed by atoms with Crippen LogP contribution >= 0.6 is 11.6 Å². The van der Waals surface area contributed by atoms with E-state index in [1.807, 2.05) is 6.07 Å². The molecular formula is C15H19ClN4. The van der Waals surface area contributed by atoms with Crippen molar-refractivity contribution < 1.29 is 0 Å². The molecule has 106 valence electrons. The maximum atomic E-state index is 6.43. The zero-order chi connectivity index (χ0) is 14.0. The number of rotatable bonds is 3. The number of halogens is 1. The number of aromatic nitrogens is 3. The van der Waals surface area contributed by atoms with Crippen molar-refractivity contribution in [1.29, 1.82) is 0 Å². The number of hydrogen-bond donors (Lipinski definition) is 1. The first-order valence-corrected chi connectivity index (χ1v) is 7.48. The summed E-state index contributed by atoms with van der Waals surface area (Å²) in [5.41, 5.74) is 8.30. The molecule has 5 heteroatoms. The topological polar surface area (TPSA) is 56.7 Å². The molecule has 1 saturated carbocycles. The van der Waals surface area contributed by atoms with E-state index in [0.717, 1.165) is 18.5 Å². The second-order valence-corrected chi connectivity index (χ2v) is 5.96. The van der Waals surface area contributed by atoms with E-state index in [1.54, 1.807) is 11.0 Å². The van der Waals surface area contributed by atoms with Crippen LogP contribution in [0.4, 0.5) is 0 Å². The van der Waals surface area contributed by atoms with Crippen molar-refractivity contribution in [3.05, 3.63) is 41.4 Å². The van der Waals surface area contributed by atoms with Gasteiger partial charge in [-0.1, -0.05) is 36.9 Å². The Hall–Kier alpha value is -1.39. The van der Waals surface area contributed by atoms with Gasteiger partial charge in [0.15, 0.2) is 0 Å². The van der Waals surface area contributed by atoms with Crippen LogP contribution in [0.25, 0.3) is 5.69 Å². The van der Waals surface area contributed by atoms with E-state index < -0.39 is 0 Å². The van der Waals surface area contributed by atoms with E-state index in [0.29, 0.717) is 11.6 Å². The molecule has 1 fully saturated rings. The molecule has 0 atom stereocenters. The third kappa shape index (κ3) is 2.34. The lowest BCUT2D eigenvalue weighted by Crippen LogP contribution is -2.37. The maximum absolute atomic E-state index is 6.43. The largest absolute Gasteiger partial charge is 0.330 e. The lowest BCUT2D eigenvalue weighted by atomic mass is 9.69. The van der Waals surface area contributed by atoms with Gasteiger partial charge in [0.25, 0.3) is 0 Å². The first-order valence-electron chi connectivity index (χ1n) is 7.10. The van der Waals surface area contributed by atoms with Crippen LogP contribution in [0.5, 0.6) is 0 Å². The highest BCUT2D eigenvalue weighted by molar-refractivity contribution is 6.32. The summed E-state index contributed by atoms with van der Waals surface area (Å²) in [4.78, 5) is 3.95. The predicted octanol–water partition coefficient (Wildman–Crippen LogP) is 3.08. The molecule has 0 unspecified atom stereocenters. The number of nitrogens with two attached hydrogens (primary N) is 1. The molecule has 1 aliphatic carbocycles. The Labute approximate surface area is 124 Å². The van der Waals surface area contributed by atoms with Crippen LogP contribution in [0.1, 0.15) is 37.7 Å². The summed E-state index contributed by atoms with van der Waals surface area (Å²) in [5, 5.41) is 4.82. The molecule has 2 N–H and O–H groups in total. The zero-order valence-electron chi connectivity index (χ0n) is 11.4. The van der Waals surface area contributed by atoms with Gasteiger partial charge in [0.05, 0.1) is 10.7 Å². The molecular weight excluding hydrogens is 272 g/mol. The van der Waals surface area contributed by atoms with Gasteiger partial charge in [0.1, 0.15) is 12.7 Å². The maximum Gasteiger partial charge on any atom is 0.138 e. The van der Waals surface area contributed by atoms with E-state index in [9.17, 15) is 0 Å². The smallest absolute Gasteiger partial charge is 0.138 e. The number of benzene rings is 1. The second-order valence-electron chi connectivity index (χ2n) is 5.55. The van der Waals surface area contributed by atoms with E-state index >= 15 is 0 Å². The molecule has 0 bridgehead atoms. The summed E-state index contributed by atoms with van der Waals surface area (Å²) in [6, 6.07) is 6.20. The molecule has 0 saturated heterocycles. The summed E-state index contributed by atoms with van der Waals surface area (Å²) in [6.07, 6.45) is 9.28. The molecule has 20 heavy (non-hydrogen) atoms. The van der Waals surface area contributed by atoms with Crippen LogP contribution in [0.15, 0.2) is 30.9 Å². The fourth-order valence-electron chi connectivity index (χ4n) is 3.19. The Morgan fingerprint density at radius 1 is 1.25 bits per heavy atom. The zero-order valence-corrected chi connectivity index (χ0v) is 12.2. The molecule has 0 aliphatic heterocycles. The van der Waals surface area contributed by atoms with Crippen molar-refractivity contribution in [2.24, 2.45) is 5.73 Å². The van der Waals surface area contributed by atoms with Crippen molar-refractivity contribution in [3.8, 4) is 5.69 Å². The Bertz CT molecular complexity index is 574. The molecule has 0 spiro atoms. The minimum Gasteiger partial charge on any atom is -0.330 e. The first-order chi connectivity index (χ1) is 9.75. The van der Waals surface area contributed by atoms with Gasteiger partial charge in [-0.2, -0.15) is 5.10 Å². The lowest BCUT2D eigenvalue weighted by Gasteiger charge is -2.37. The van der Waals surface area contributed by atoms with Crippen LogP contribution in [0, 0.1) is 0 Å². The van der Waals surface area contributed by atoms with Crippen molar-refractivity contribution >= 4 is 11.6 Å². The Morgan fingerprint density at radius 3 is 2.65 bits per heavy atom. The van der Waals surface area contributed by atoms with E-state index in [4.69, 9.17) is 17.3 Å². The summed E-state index contributed by atoms with van der Waals surface area (Å²) >= 11 is 6.43. The van der Waals surface area contributed by atoms with Gasteiger partial charge in [-0.3, -0.25) is 0 Å². The molecule has 3 rings (SSSR count). The summed E-state index contributed by atoms with van der Waals surface area (Å²) in [5.74, 6) is 0. The first kappa shape index (κ1) is 13.6. The highest BCUT2D eigenvalue weighted by Gasteiger charge is 2.32. The van der Waals surface area contributed by atoms with Gasteiger partial charge in [-0.25, -0.2) is 9.67 Å². The van der Waals surface area contributed by atoms with E-state index in [2.05, 4.69) is 22.2 Å². The minimum absolute atomic E-state index is 0.1000. The lowest BCUT2D eigenvalue weighted by molar-refractivity contribution is 0.301. The highest BCUT2D eigenvalue weighted by atomic mass is 35.5. The van der Waals surface area contributed by atoms with Crippen LogP contribution in [-0.4, -0.2) is 21.3 Å². The minimum atomic E-state index is 0.1000. The Morgan fingerprint density at radius 2 is 2.05 bits per heavy atom. The average molecular weight is 291 g/mol. The van der Waals surface area contributed by atoms with Crippen molar-refractivity contribution in [2.75, 3.05) is 6.54 Å². The van der Waals surface area contributed by atoms with Crippen LogP contribution in [-0.2, 0) is 5.41 Å². The third-order valence-electron chi connectivity index (χ3n) is 4.43. The molecule has 1 aromatic heterocycles. The quantitative estimate of drug-likeness (QED) is 0.945.